The summed E-state index contributed by atoms with van der Waals surface area (Å²) < 4.78 is 0. The van der Waals surface area contributed by atoms with Gasteiger partial charge < -0.3 is 10.6 Å². The molecular formula is C18H19ClN2O. The molecule has 1 fully saturated rings. The molecule has 0 aromatic heterocycles. The third kappa shape index (κ3) is 3.60. The van der Waals surface area contributed by atoms with E-state index in [9.17, 15) is 4.79 Å². The van der Waals surface area contributed by atoms with Gasteiger partial charge in [0.1, 0.15) is 0 Å². The molecule has 2 amide bonds. The minimum atomic E-state index is -0.169. The lowest BCUT2D eigenvalue weighted by molar-refractivity contribution is 0.183. The van der Waals surface area contributed by atoms with Gasteiger partial charge in [-0.05, 0) is 49.4 Å². The van der Waals surface area contributed by atoms with E-state index in [-0.39, 0.29) is 11.6 Å². The number of amides is 2. The van der Waals surface area contributed by atoms with Crippen molar-refractivity contribution in [1.82, 2.24) is 5.32 Å². The van der Waals surface area contributed by atoms with Crippen LogP contribution in [0.4, 0.5) is 10.5 Å². The van der Waals surface area contributed by atoms with Gasteiger partial charge in [-0.2, -0.15) is 0 Å². The number of hydrogen-bond donors (Lipinski definition) is 2. The van der Waals surface area contributed by atoms with Crippen LogP contribution in [0.2, 0.25) is 5.02 Å². The number of carbonyl (C=O) groups is 1. The minimum Gasteiger partial charge on any atom is -0.332 e. The quantitative estimate of drug-likeness (QED) is 0.849. The van der Waals surface area contributed by atoms with Crippen molar-refractivity contribution in [1.29, 1.82) is 0 Å². The van der Waals surface area contributed by atoms with Gasteiger partial charge in [0.15, 0.2) is 0 Å². The number of rotatable bonds is 4. The predicted octanol–water partition coefficient (Wildman–Crippen LogP) is 4.63. The van der Waals surface area contributed by atoms with Crippen molar-refractivity contribution in [3.8, 4) is 0 Å². The Balaban J connectivity index is 1.63. The van der Waals surface area contributed by atoms with E-state index in [0.29, 0.717) is 10.7 Å². The minimum absolute atomic E-state index is 0.121. The van der Waals surface area contributed by atoms with Crippen molar-refractivity contribution >= 4 is 23.3 Å². The third-order valence-electron chi connectivity index (χ3n) is 4.16. The van der Waals surface area contributed by atoms with E-state index in [1.807, 2.05) is 30.3 Å². The summed E-state index contributed by atoms with van der Waals surface area (Å²) in [6.07, 6.45) is 4.07. The van der Waals surface area contributed by atoms with Crippen molar-refractivity contribution in [3.63, 3.8) is 0 Å². The van der Waals surface area contributed by atoms with E-state index in [2.05, 4.69) is 22.8 Å². The first kappa shape index (κ1) is 14.9. The number of anilines is 1. The highest BCUT2D eigenvalue weighted by Gasteiger charge is 2.38. The van der Waals surface area contributed by atoms with Crippen LogP contribution >= 0.6 is 11.6 Å². The summed E-state index contributed by atoms with van der Waals surface area (Å²) in [6.45, 7) is 0. The number of urea groups is 1. The maximum atomic E-state index is 12.3. The molecule has 0 radical (unpaired) electrons. The molecule has 0 heterocycles. The van der Waals surface area contributed by atoms with Crippen LogP contribution in [0.5, 0.6) is 0 Å². The molecule has 1 aliphatic carbocycles. The predicted molar refractivity (Wildman–Crippen MR) is 90.3 cm³/mol. The fourth-order valence-corrected chi connectivity index (χ4v) is 3.10. The van der Waals surface area contributed by atoms with Crippen molar-refractivity contribution < 1.29 is 4.79 Å². The van der Waals surface area contributed by atoms with Crippen LogP contribution in [0.1, 0.15) is 24.8 Å². The van der Waals surface area contributed by atoms with E-state index >= 15 is 0 Å². The van der Waals surface area contributed by atoms with Crippen molar-refractivity contribution in [2.24, 2.45) is 0 Å². The first-order valence-corrected chi connectivity index (χ1v) is 7.92. The standard InChI is InChI=1S/C18H19ClN2O/c19-15-8-4-9-16(12-15)20-17(22)21-18(10-5-11-18)13-14-6-2-1-3-7-14/h1-4,6-9,12H,5,10-11,13H2,(H2,20,21,22). The Labute approximate surface area is 135 Å². The molecule has 0 bridgehead atoms. The Bertz CT molecular complexity index is 653. The van der Waals surface area contributed by atoms with Gasteiger partial charge in [0.2, 0.25) is 0 Å². The average Bonchev–Trinajstić information content (AvgIpc) is 2.46. The Morgan fingerprint density at radius 2 is 1.86 bits per heavy atom. The maximum absolute atomic E-state index is 12.3. The molecule has 0 unspecified atom stereocenters. The third-order valence-corrected chi connectivity index (χ3v) is 4.39. The Morgan fingerprint density at radius 3 is 2.50 bits per heavy atom. The summed E-state index contributed by atoms with van der Waals surface area (Å²) in [4.78, 5) is 12.3. The van der Waals surface area contributed by atoms with E-state index in [1.54, 1.807) is 12.1 Å². The van der Waals surface area contributed by atoms with E-state index in [4.69, 9.17) is 11.6 Å². The molecule has 3 nitrogen and oxygen atoms in total. The zero-order chi connectivity index (χ0) is 15.4. The Hall–Kier alpha value is -2.00. The van der Waals surface area contributed by atoms with Gasteiger partial charge in [0.25, 0.3) is 0 Å². The summed E-state index contributed by atoms with van der Waals surface area (Å²) in [5.74, 6) is 0. The zero-order valence-electron chi connectivity index (χ0n) is 12.3. The largest absolute Gasteiger partial charge is 0.332 e. The first-order chi connectivity index (χ1) is 10.7. The summed E-state index contributed by atoms with van der Waals surface area (Å²) in [5.41, 5.74) is 1.84. The normalized spacial score (nSPS) is 15.7. The van der Waals surface area contributed by atoms with E-state index in [1.165, 1.54) is 5.56 Å². The molecule has 0 atom stereocenters. The van der Waals surface area contributed by atoms with E-state index in [0.717, 1.165) is 25.7 Å². The van der Waals surface area contributed by atoms with Gasteiger partial charge in [-0.15, -0.1) is 0 Å². The summed E-state index contributed by atoms with van der Waals surface area (Å²) in [6, 6.07) is 17.3. The lowest BCUT2D eigenvalue weighted by Gasteiger charge is -2.42. The molecule has 2 aromatic rings. The van der Waals surface area contributed by atoms with Gasteiger partial charge in [-0.3, -0.25) is 0 Å². The number of nitrogens with one attached hydrogen (secondary N) is 2. The molecule has 0 spiro atoms. The lowest BCUT2D eigenvalue weighted by Crippen LogP contribution is -2.56. The van der Waals surface area contributed by atoms with Gasteiger partial charge in [-0.25, -0.2) is 4.79 Å². The number of hydrogen-bond acceptors (Lipinski definition) is 1. The van der Waals surface area contributed by atoms with Gasteiger partial charge in [-0.1, -0.05) is 48.0 Å². The van der Waals surface area contributed by atoms with Crippen molar-refractivity contribution in [2.75, 3.05) is 5.32 Å². The molecule has 1 aliphatic rings. The van der Waals surface area contributed by atoms with E-state index < -0.39 is 0 Å². The summed E-state index contributed by atoms with van der Waals surface area (Å²) >= 11 is 5.94. The molecule has 4 heteroatoms. The van der Waals surface area contributed by atoms with Gasteiger partial charge >= 0.3 is 6.03 Å². The highest BCUT2D eigenvalue weighted by molar-refractivity contribution is 6.30. The molecule has 3 rings (SSSR count). The molecule has 0 aliphatic heterocycles. The lowest BCUT2D eigenvalue weighted by atomic mass is 9.73. The summed E-state index contributed by atoms with van der Waals surface area (Å²) in [7, 11) is 0. The van der Waals surface area contributed by atoms with Crippen LogP contribution in [0.3, 0.4) is 0 Å². The highest BCUT2D eigenvalue weighted by atomic mass is 35.5. The number of carbonyl (C=O) groups excluding carboxylic acids is 1. The van der Waals surface area contributed by atoms with Crippen molar-refractivity contribution in [2.45, 2.75) is 31.2 Å². The molecule has 0 saturated heterocycles. The monoisotopic (exact) mass is 314 g/mol. The smallest absolute Gasteiger partial charge is 0.319 e. The zero-order valence-corrected chi connectivity index (χ0v) is 13.1. The second kappa shape index (κ2) is 6.41. The van der Waals surface area contributed by atoms with Gasteiger partial charge in [0, 0.05) is 16.2 Å². The van der Waals surface area contributed by atoms with Crippen LogP contribution in [0.15, 0.2) is 54.6 Å². The number of halogens is 1. The second-order valence-corrected chi connectivity index (χ2v) is 6.32. The fraction of sp³-hybridized carbons (Fsp3) is 0.278. The second-order valence-electron chi connectivity index (χ2n) is 5.89. The van der Waals surface area contributed by atoms with Crippen LogP contribution < -0.4 is 10.6 Å². The maximum Gasteiger partial charge on any atom is 0.319 e. The Kier molecular flexibility index (Phi) is 4.34. The van der Waals surface area contributed by atoms with Crippen LogP contribution in [0.25, 0.3) is 0 Å². The molecular weight excluding hydrogens is 296 g/mol. The molecule has 22 heavy (non-hydrogen) atoms. The van der Waals surface area contributed by atoms with Crippen LogP contribution in [-0.4, -0.2) is 11.6 Å². The number of benzene rings is 2. The van der Waals surface area contributed by atoms with Crippen molar-refractivity contribution in [3.05, 3.63) is 65.2 Å². The molecule has 2 aromatic carbocycles. The first-order valence-electron chi connectivity index (χ1n) is 7.54. The fourth-order valence-electron chi connectivity index (χ4n) is 2.91. The Morgan fingerprint density at radius 1 is 1.09 bits per heavy atom. The van der Waals surface area contributed by atoms with Gasteiger partial charge in [0.05, 0.1) is 0 Å². The SMILES string of the molecule is O=C(Nc1cccc(Cl)c1)NC1(Cc2ccccc2)CCC1. The molecule has 114 valence electrons. The topological polar surface area (TPSA) is 41.1 Å². The molecule has 2 N–H and O–H groups in total. The summed E-state index contributed by atoms with van der Waals surface area (Å²) in [5, 5.41) is 6.62. The van der Waals surface area contributed by atoms with Crippen LogP contribution in [0, 0.1) is 0 Å². The highest BCUT2D eigenvalue weighted by Crippen LogP contribution is 2.35. The average molecular weight is 315 g/mol. The van der Waals surface area contributed by atoms with Crippen LogP contribution in [-0.2, 0) is 6.42 Å². The molecule has 1 saturated carbocycles.